The Labute approximate surface area is 399 Å². The topological polar surface area (TPSA) is 43.6 Å². The van der Waals surface area contributed by atoms with Crippen molar-refractivity contribution < 1.29 is 57.1 Å². The van der Waals surface area contributed by atoms with Crippen LogP contribution in [0.5, 0.6) is 0 Å². The third-order valence-corrected chi connectivity index (χ3v) is 12.0. The van der Waals surface area contributed by atoms with Crippen molar-refractivity contribution in [3.8, 4) is 73.2 Å². The van der Waals surface area contributed by atoms with Crippen LogP contribution in [0.2, 0.25) is 0 Å². The molecule has 360 valence electrons. The van der Waals surface area contributed by atoms with Crippen LogP contribution >= 0.6 is 0 Å². The van der Waals surface area contributed by atoms with E-state index in [9.17, 15) is 52.7 Å². The lowest BCUT2D eigenvalue weighted by Crippen LogP contribution is -2.11. The fourth-order valence-electron chi connectivity index (χ4n) is 8.58. The first-order valence-electron chi connectivity index (χ1n) is 21.5. The van der Waals surface area contributed by atoms with Crippen LogP contribution in [0, 0.1) is 5.82 Å². The Bertz CT molecular complexity index is 3450. The Morgan fingerprint density at radius 2 is 0.694 bits per heavy atom. The van der Waals surface area contributed by atoms with Crippen LogP contribution < -0.4 is 0 Å². The maximum Gasteiger partial charge on any atom is 0.416 e. The monoisotopic (exact) mass is 992 g/mol. The first kappa shape index (κ1) is 47.3. The number of halogens is 13. The average molecular weight is 993 g/mol. The predicted octanol–water partition coefficient (Wildman–Crippen LogP) is 17.2. The fraction of sp³-hybridized carbons (Fsp3) is 0.0727. The highest BCUT2D eigenvalue weighted by atomic mass is 19.4. The minimum Gasteiger partial charge on any atom is -0.308 e. The van der Waals surface area contributed by atoms with Gasteiger partial charge in [0, 0.05) is 33.0 Å². The van der Waals surface area contributed by atoms with Crippen molar-refractivity contribution in [3.63, 3.8) is 0 Å². The van der Waals surface area contributed by atoms with Gasteiger partial charge in [-0.15, -0.1) is 0 Å². The highest BCUT2D eigenvalue weighted by molar-refractivity contribution is 6.12. The maximum absolute atomic E-state index is 15.7. The van der Waals surface area contributed by atoms with E-state index in [2.05, 4.69) is 0 Å². The Morgan fingerprint density at radius 1 is 0.306 bits per heavy atom. The second-order valence-corrected chi connectivity index (χ2v) is 16.6. The highest BCUT2D eigenvalue weighted by Crippen LogP contribution is 2.45. The number of hydrogen-bond donors (Lipinski definition) is 0. The molecule has 17 heteroatoms. The van der Waals surface area contributed by atoms with Gasteiger partial charge in [-0.2, -0.15) is 52.7 Å². The van der Waals surface area contributed by atoms with Gasteiger partial charge in [-0.05, 0) is 94.5 Å². The maximum atomic E-state index is 15.7. The molecular weight excluding hydrogens is 964 g/mol. The lowest BCUT2D eigenvalue weighted by molar-refractivity contribution is -0.144. The Morgan fingerprint density at radius 3 is 1.11 bits per heavy atom. The van der Waals surface area contributed by atoms with Gasteiger partial charge in [-0.1, -0.05) is 109 Å². The van der Waals surface area contributed by atoms with E-state index in [-0.39, 0.29) is 74.1 Å². The summed E-state index contributed by atoms with van der Waals surface area (Å²) in [6.07, 6.45) is -20.8. The molecule has 0 spiro atoms. The summed E-state index contributed by atoms with van der Waals surface area (Å²) in [5.41, 5.74) is -5.65. The molecule has 4 nitrogen and oxygen atoms in total. The Hall–Kier alpha value is -8.34. The van der Waals surface area contributed by atoms with E-state index >= 15 is 4.39 Å². The van der Waals surface area contributed by atoms with Gasteiger partial charge in [0.1, 0.15) is 5.82 Å². The predicted molar refractivity (Wildman–Crippen MR) is 247 cm³/mol. The van der Waals surface area contributed by atoms with Crippen molar-refractivity contribution in [1.82, 2.24) is 19.5 Å². The van der Waals surface area contributed by atoms with Crippen molar-refractivity contribution in [3.05, 3.63) is 204 Å². The van der Waals surface area contributed by atoms with E-state index in [0.29, 0.717) is 46.2 Å². The standard InChI is InChI=1S/C55H29F13N4/c56-45-14-8-7-13-41(45)34-17-20-44(51-70-49(30-9-3-1-4-10-30)69-50(71-51)31-11-5-2-6-12-31)48(27-34)72-46-25-32(35-21-37(52(57,58)59)28-38(22-35)53(60,61)62)15-18-42(46)43-19-16-33(26-47(43)72)36-23-39(54(63,64)65)29-40(24-36)55(66,67)68/h1-29H. The van der Waals surface area contributed by atoms with Crippen LogP contribution in [0.15, 0.2) is 176 Å². The minimum atomic E-state index is -5.20. The van der Waals surface area contributed by atoms with Crippen molar-refractivity contribution >= 4 is 21.8 Å². The second-order valence-electron chi connectivity index (χ2n) is 16.6. The molecule has 0 N–H and O–H groups in total. The zero-order valence-corrected chi connectivity index (χ0v) is 36.4. The second kappa shape index (κ2) is 17.5. The zero-order valence-electron chi connectivity index (χ0n) is 36.4. The van der Waals surface area contributed by atoms with Crippen LogP contribution in [-0.2, 0) is 24.7 Å². The smallest absolute Gasteiger partial charge is 0.308 e. The third kappa shape index (κ3) is 9.13. The van der Waals surface area contributed by atoms with Crippen LogP contribution in [0.1, 0.15) is 22.3 Å². The molecule has 72 heavy (non-hydrogen) atoms. The van der Waals surface area contributed by atoms with Gasteiger partial charge >= 0.3 is 24.7 Å². The van der Waals surface area contributed by atoms with Gasteiger partial charge in [-0.3, -0.25) is 0 Å². The van der Waals surface area contributed by atoms with E-state index in [1.54, 1.807) is 78.9 Å². The molecular formula is C55H29F13N4. The molecule has 0 saturated carbocycles. The van der Waals surface area contributed by atoms with E-state index in [1.165, 1.54) is 65.2 Å². The molecule has 0 fully saturated rings. The molecule has 0 amide bonds. The quantitative estimate of drug-likeness (QED) is 0.149. The van der Waals surface area contributed by atoms with Crippen LogP contribution in [0.25, 0.3) is 95.0 Å². The van der Waals surface area contributed by atoms with Crippen molar-refractivity contribution in [2.24, 2.45) is 0 Å². The summed E-state index contributed by atoms with van der Waals surface area (Å²) in [5, 5.41) is 0.604. The number of alkyl halides is 12. The molecule has 0 aliphatic heterocycles. The van der Waals surface area contributed by atoms with E-state index < -0.39 is 63.9 Å². The Balaban J connectivity index is 1.33. The van der Waals surface area contributed by atoms with Crippen molar-refractivity contribution in [2.75, 3.05) is 0 Å². The van der Waals surface area contributed by atoms with E-state index in [4.69, 9.17) is 15.0 Å². The number of fused-ring (bicyclic) bond motifs is 3. The lowest BCUT2D eigenvalue weighted by atomic mass is 9.97. The first-order valence-corrected chi connectivity index (χ1v) is 21.5. The third-order valence-electron chi connectivity index (χ3n) is 12.0. The van der Waals surface area contributed by atoms with Crippen molar-refractivity contribution in [2.45, 2.75) is 24.7 Å². The summed E-state index contributed by atoms with van der Waals surface area (Å²) in [5.74, 6) is -0.243. The van der Waals surface area contributed by atoms with Gasteiger partial charge in [0.2, 0.25) is 0 Å². The summed E-state index contributed by atoms with van der Waals surface area (Å²) in [7, 11) is 0. The molecule has 0 saturated heterocycles. The van der Waals surface area contributed by atoms with E-state index in [1.807, 2.05) is 0 Å². The highest BCUT2D eigenvalue weighted by Gasteiger charge is 2.39. The summed E-state index contributed by atoms with van der Waals surface area (Å²) >= 11 is 0. The first-order chi connectivity index (χ1) is 34.1. The average Bonchev–Trinajstić information content (AvgIpc) is 3.68. The van der Waals surface area contributed by atoms with Crippen LogP contribution in [0.3, 0.4) is 0 Å². The largest absolute Gasteiger partial charge is 0.416 e. The molecule has 0 unspecified atom stereocenters. The molecule has 8 aromatic carbocycles. The van der Waals surface area contributed by atoms with Crippen LogP contribution in [0.4, 0.5) is 57.1 Å². The van der Waals surface area contributed by atoms with Gasteiger partial charge in [0.15, 0.2) is 17.5 Å². The normalized spacial score (nSPS) is 12.5. The zero-order chi connectivity index (χ0) is 50.9. The number of hydrogen-bond acceptors (Lipinski definition) is 3. The van der Waals surface area contributed by atoms with Gasteiger partial charge in [0.05, 0.1) is 39.0 Å². The fourth-order valence-corrected chi connectivity index (χ4v) is 8.58. The summed E-state index contributed by atoms with van der Waals surface area (Å²) in [6, 6.07) is 38.2. The van der Waals surface area contributed by atoms with Gasteiger partial charge in [-0.25, -0.2) is 19.3 Å². The molecule has 0 aliphatic carbocycles. The van der Waals surface area contributed by atoms with Gasteiger partial charge in [0.25, 0.3) is 0 Å². The summed E-state index contributed by atoms with van der Waals surface area (Å²) in [4.78, 5) is 14.5. The minimum absolute atomic E-state index is 0.0128. The number of aromatic nitrogens is 4. The van der Waals surface area contributed by atoms with Gasteiger partial charge < -0.3 is 4.57 Å². The van der Waals surface area contributed by atoms with Crippen LogP contribution in [-0.4, -0.2) is 19.5 Å². The molecule has 2 aromatic heterocycles. The molecule has 0 atom stereocenters. The SMILES string of the molecule is Fc1ccccc1-c1ccc(-c2nc(-c3ccccc3)nc(-c3ccccc3)n2)c(-n2c3cc(-c4cc(C(F)(F)F)cc(C(F)(F)F)c4)ccc3c3ccc(-c4cc(C(F)(F)F)cc(C(F)(F)F)c4)cc32)c1. The molecule has 10 aromatic rings. The summed E-state index contributed by atoms with van der Waals surface area (Å²) < 4.78 is 188. The molecule has 0 radical (unpaired) electrons. The Kier molecular flexibility index (Phi) is 11.5. The number of benzene rings is 8. The molecule has 10 rings (SSSR count). The molecule has 0 bridgehead atoms. The molecule has 2 heterocycles. The number of nitrogens with zero attached hydrogens (tertiary/aromatic N) is 4. The lowest BCUT2D eigenvalue weighted by Gasteiger charge is -2.18. The summed E-state index contributed by atoms with van der Waals surface area (Å²) in [6.45, 7) is 0. The molecule has 0 aliphatic rings. The van der Waals surface area contributed by atoms with E-state index in [0.717, 1.165) is 0 Å². The number of rotatable bonds is 7. The van der Waals surface area contributed by atoms with Crippen molar-refractivity contribution in [1.29, 1.82) is 0 Å².